The van der Waals surface area contributed by atoms with Crippen LogP contribution in [0.2, 0.25) is 0 Å². The molecule has 19 heavy (non-hydrogen) atoms. The molecule has 106 valence electrons. The molecule has 0 amide bonds. The van der Waals surface area contributed by atoms with Gasteiger partial charge in [-0.1, -0.05) is 0 Å². The van der Waals surface area contributed by atoms with Crippen molar-refractivity contribution in [1.29, 1.82) is 0 Å². The van der Waals surface area contributed by atoms with Crippen LogP contribution in [0.15, 0.2) is 10.9 Å². The molecule has 0 saturated heterocycles. The summed E-state index contributed by atoms with van der Waals surface area (Å²) < 4.78 is 75.4. The van der Waals surface area contributed by atoms with Crippen molar-refractivity contribution in [2.75, 3.05) is 0 Å². The molecule has 1 aromatic heterocycles. The van der Waals surface area contributed by atoms with E-state index in [9.17, 15) is 41.3 Å². The largest absolute Gasteiger partial charge is 0.574 e. The molecule has 1 aromatic rings. The fraction of sp³-hybridized carbons (Fsp3) is 0.286. The van der Waals surface area contributed by atoms with Crippen molar-refractivity contribution in [1.82, 2.24) is 4.98 Å². The van der Waals surface area contributed by atoms with Crippen molar-refractivity contribution in [2.24, 2.45) is 0 Å². The summed E-state index contributed by atoms with van der Waals surface area (Å²) in [5, 5.41) is 10.3. The number of alkyl halides is 6. The summed E-state index contributed by atoms with van der Waals surface area (Å²) in [6.45, 7) is 0. The Morgan fingerprint density at radius 1 is 1.21 bits per heavy atom. The Morgan fingerprint density at radius 2 is 1.74 bits per heavy atom. The predicted molar refractivity (Wildman–Crippen MR) is 45.4 cm³/mol. The third-order valence-electron chi connectivity index (χ3n) is 1.68. The fourth-order valence-corrected chi connectivity index (χ4v) is 1.04. The van der Waals surface area contributed by atoms with Crippen LogP contribution in [-0.2, 0) is 6.18 Å². The molecule has 0 atom stereocenters. The van der Waals surface area contributed by atoms with Crippen molar-refractivity contribution >= 4 is 5.69 Å². The molecule has 0 radical (unpaired) electrons. The van der Waals surface area contributed by atoms with E-state index in [2.05, 4.69) is 4.74 Å². The zero-order chi connectivity index (χ0) is 15.0. The Hall–Kier alpha value is -2.27. The SMILES string of the molecule is O=c1cc(C(F)(F)F)[nH]c(OC(F)(F)F)c1[N+](=O)[O-]. The Bertz CT molecular complexity index is 560. The highest BCUT2D eigenvalue weighted by Gasteiger charge is 2.40. The maximum atomic E-state index is 12.2. The standard InChI is InChI=1S/C7H2F6N2O4/c8-6(9,10)3-1-2(16)4(15(17)18)5(14-3)19-7(11,12)13/h1H,(H,14,16). The molecular formula is C7H2F6N2O4. The van der Waals surface area contributed by atoms with E-state index in [1.165, 1.54) is 0 Å². The summed E-state index contributed by atoms with van der Waals surface area (Å²) >= 11 is 0. The first-order valence-corrected chi connectivity index (χ1v) is 4.16. The van der Waals surface area contributed by atoms with Crippen LogP contribution in [-0.4, -0.2) is 16.3 Å². The molecule has 1 rings (SSSR count). The molecule has 6 nitrogen and oxygen atoms in total. The summed E-state index contributed by atoms with van der Waals surface area (Å²) in [5.41, 5.74) is -5.54. The quantitative estimate of drug-likeness (QED) is 0.514. The van der Waals surface area contributed by atoms with Gasteiger partial charge in [0.05, 0.1) is 4.92 Å². The number of halogens is 6. The minimum absolute atomic E-state index is 0.235. The van der Waals surface area contributed by atoms with E-state index in [0.29, 0.717) is 0 Å². The molecule has 12 heteroatoms. The third kappa shape index (κ3) is 3.59. The summed E-state index contributed by atoms with van der Waals surface area (Å²) in [6, 6.07) is -0.235. The molecule has 0 aromatic carbocycles. The topological polar surface area (TPSA) is 85.2 Å². The first-order valence-electron chi connectivity index (χ1n) is 4.16. The van der Waals surface area contributed by atoms with Gasteiger partial charge in [-0.3, -0.25) is 14.9 Å². The number of aromatic amines is 1. The molecule has 0 aliphatic rings. The van der Waals surface area contributed by atoms with E-state index in [1.54, 1.807) is 0 Å². The van der Waals surface area contributed by atoms with Gasteiger partial charge in [0.1, 0.15) is 5.69 Å². The average Bonchev–Trinajstić information content (AvgIpc) is 2.11. The number of hydrogen-bond acceptors (Lipinski definition) is 4. The van der Waals surface area contributed by atoms with Crippen LogP contribution in [0, 0.1) is 10.1 Å². The van der Waals surface area contributed by atoms with Gasteiger partial charge in [0, 0.05) is 6.07 Å². The predicted octanol–water partition coefficient (Wildman–Crippen LogP) is 2.20. The molecule has 0 fully saturated rings. The summed E-state index contributed by atoms with van der Waals surface area (Å²) in [6.07, 6.45) is -10.7. The zero-order valence-electron chi connectivity index (χ0n) is 8.43. The van der Waals surface area contributed by atoms with Gasteiger partial charge in [-0.15, -0.1) is 13.2 Å². The monoisotopic (exact) mass is 292 g/mol. The van der Waals surface area contributed by atoms with Gasteiger partial charge in [-0.25, -0.2) is 0 Å². The van der Waals surface area contributed by atoms with Gasteiger partial charge < -0.3 is 9.72 Å². The average molecular weight is 292 g/mol. The first-order chi connectivity index (χ1) is 8.42. The van der Waals surface area contributed by atoms with Crippen molar-refractivity contribution in [3.63, 3.8) is 0 Å². The summed E-state index contributed by atoms with van der Waals surface area (Å²) in [4.78, 5) is 20.8. The number of ether oxygens (including phenoxy) is 1. The molecule has 0 saturated carbocycles. The van der Waals surface area contributed by atoms with Crippen molar-refractivity contribution in [3.8, 4) is 5.88 Å². The van der Waals surface area contributed by atoms with Crippen LogP contribution < -0.4 is 10.2 Å². The molecule has 0 aliphatic carbocycles. The number of H-pyrrole nitrogens is 1. The van der Waals surface area contributed by atoms with Crippen molar-refractivity contribution in [2.45, 2.75) is 12.5 Å². The molecule has 0 unspecified atom stereocenters. The number of nitro groups is 1. The lowest BCUT2D eigenvalue weighted by molar-refractivity contribution is -0.390. The van der Waals surface area contributed by atoms with Crippen LogP contribution in [0.5, 0.6) is 5.88 Å². The van der Waals surface area contributed by atoms with Gasteiger partial charge in [0.25, 0.3) is 11.3 Å². The number of nitrogens with one attached hydrogen (secondary N) is 1. The number of hydrogen-bond donors (Lipinski definition) is 1. The normalized spacial score (nSPS) is 12.3. The number of nitrogens with zero attached hydrogens (tertiary/aromatic N) is 1. The van der Waals surface area contributed by atoms with Gasteiger partial charge in [0.15, 0.2) is 0 Å². The van der Waals surface area contributed by atoms with Crippen LogP contribution in [0.25, 0.3) is 0 Å². The zero-order valence-corrected chi connectivity index (χ0v) is 8.43. The molecular weight excluding hydrogens is 290 g/mol. The second-order valence-corrected chi connectivity index (χ2v) is 3.03. The number of rotatable bonds is 2. The lowest BCUT2D eigenvalue weighted by atomic mass is 10.3. The Morgan fingerprint density at radius 3 is 2.11 bits per heavy atom. The fourth-order valence-electron chi connectivity index (χ4n) is 1.04. The number of aromatic nitrogens is 1. The van der Waals surface area contributed by atoms with E-state index in [1.807, 2.05) is 0 Å². The van der Waals surface area contributed by atoms with Gasteiger partial charge >= 0.3 is 18.2 Å². The van der Waals surface area contributed by atoms with Crippen LogP contribution >= 0.6 is 0 Å². The van der Waals surface area contributed by atoms with Crippen LogP contribution in [0.3, 0.4) is 0 Å². The first kappa shape index (κ1) is 14.8. The highest BCUT2D eigenvalue weighted by Crippen LogP contribution is 2.32. The Balaban J connectivity index is 3.51. The lowest BCUT2D eigenvalue weighted by Gasteiger charge is -2.11. The minimum Gasteiger partial charge on any atom is -0.382 e. The van der Waals surface area contributed by atoms with E-state index >= 15 is 0 Å². The molecule has 1 heterocycles. The Labute approximate surface area is 98.3 Å². The third-order valence-corrected chi connectivity index (χ3v) is 1.68. The highest BCUT2D eigenvalue weighted by molar-refractivity contribution is 5.42. The van der Waals surface area contributed by atoms with Gasteiger partial charge in [-0.05, 0) is 0 Å². The second-order valence-electron chi connectivity index (χ2n) is 3.03. The minimum atomic E-state index is -5.50. The molecule has 0 spiro atoms. The van der Waals surface area contributed by atoms with Crippen molar-refractivity contribution in [3.05, 3.63) is 32.1 Å². The molecule has 0 bridgehead atoms. The Kier molecular flexibility index (Phi) is 3.45. The molecule has 1 N–H and O–H groups in total. The molecule has 0 aliphatic heterocycles. The van der Waals surface area contributed by atoms with E-state index in [-0.39, 0.29) is 6.07 Å². The van der Waals surface area contributed by atoms with Crippen LogP contribution in [0.4, 0.5) is 32.0 Å². The van der Waals surface area contributed by atoms with E-state index < -0.39 is 40.2 Å². The van der Waals surface area contributed by atoms with E-state index in [0.717, 1.165) is 4.98 Å². The summed E-state index contributed by atoms with van der Waals surface area (Å²) in [7, 11) is 0. The lowest BCUT2D eigenvalue weighted by Crippen LogP contribution is -2.23. The number of pyridine rings is 1. The van der Waals surface area contributed by atoms with Gasteiger partial charge in [0.2, 0.25) is 0 Å². The van der Waals surface area contributed by atoms with E-state index in [4.69, 9.17) is 0 Å². The smallest absolute Gasteiger partial charge is 0.382 e. The summed E-state index contributed by atoms with van der Waals surface area (Å²) in [5.74, 6) is -1.93. The van der Waals surface area contributed by atoms with Crippen molar-refractivity contribution < 1.29 is 36.0 Å². The maximum Gasteiger partial charge on any atom is 0.574 e. The second kappa shape index (κ2) is 4.44. The maximum absolute atomic E-state index is 12.2. The van der Waals surface area contributed by atoms with Crippen LogP contribution in [0.1, 0.15) is 5.69 Å². The highest BCUT2D eigenvalue weighted by atomic mass is 19.4. The van der Waals surface area contributed by atoms with Gasteiger partial charge in [-0.2, -0.15) is 13.2 Å².